The molecule has 9 aromatic carbocycles. The van der Waals surface area contributed by atoms with Gasteiger partial charge in [0.1, 0.15) is 11.2 Å². The molecule has 4 heteroatoms. The smallest absolute Gasteiger partial charge is 0.143 e. The zero-order valence-electron chi connectivity index (χ0n) is 32.4. The van der Waals surface area contributed by atoms with E-state index in [0.717, 1.165) is 61.4 Å². The molecule has 0 atom stereocenters. The van der Waals surface area contributed by atoms with Gasteiger partial charge in [-0.1, -0.05) is 134 Å². The van der Waals surface area contributed by atoms with Gasteiger partial charge < -0.3 is 14.2 Å². The number of rotatable bonds is 8. The molecule has 0 spiro atoms. The Morgan fingerprint density at radius 1 is 0.351 bits per heavy atom. The molecule has 0 bridgehead atoms. The van der Waals surface area contributed by atoms with Gasteiger partial charge in [0.15, 0.2) is 0 Å². The van der Waals surface area contributed by atoms with Gasteiger partial charge in [0.05, 0.1) is 8.07 Å². The summed E-state index contributed by atoms with van der Waals surface area (Å²) in [5.41, 5.74) is 10.8. The van der Waals surface area contributed by atoms with E-state index in [2.05, 4.69) is 230 Å². The van der Waals surface area contributed by atoms with Crippen LogP contribution in [0, 0.1) is 0 Å². The molecule has 0 radical (unpaired) electrons. The van der Waals surface area contributed by atoms with Crippen molar-refractivity contribution < 1.29 is 4.42 Å². The Balaban J connectivity index is 1.07. The molecule has 3 nitrogen and oxygen atoms in total. The first kappa shape index (κ1) is 34.6. The van der Waals surface area contributed by atoms with Crippen LogP contribution in [0.3, 0.4) is 0 Å². The number of nitrogens with zero attached hydrogens (tertiary/aromatic N) is 2. The van der Waals surface area contributed by atoms with Crippen LogP contribution in [0.4, 0.5) is 34.1 Å². The number of para-hydroxylation sites is 3. The largest absolute Gasteiger partial charge is 0.455 e. The summed E-state index contributed by atoms with van der Waals surface area (Å²) in [7, 11) is -1.41. The van der Waals surface area contributed by atoms with E-state index in [1.165, 1.54) is 32.5 Å². The molecule has 10 rings (SSSR count). The van der Waals surface area contributed by atoms with Gasteiger partial charge >= 0.3 is 0 Å². The Bertz CT molecular complexity index is 2980. The van der Waals surface area contributed by atoms with Gasteiger partial charge in [0.2, 0.25) is 0 Å². The number of benzene rings is 9. The summed E-state index contributed by atoms with van der Waals surface area (Å²) in [6.07, 6.45) is 0. The molecule has 1 heterocycles. The molecular formula is C53H42N2OSi. The number of hydrogen-bond acceptors (Lipinski definition) is 3. The first-order chi connectivity index (χ1) is 27.9. The van der Waals surface area contributed by atoms with Gasteiger partial charge in [0, 0.05) is 56.3 Å². The van der Waals surface area contributed by atoms with Crippen LogP contribution in [0.2, 0.25) is 19.6 Å². The van der Waals surface area contributed by atoms with E-state index in [4.69, 9.17) is 4.42 Å². The highest BCUT2D eigenvalue weighted by atomic mass is 28.3. The molecular weight excluding hydrogens is 709 g/mol. The van der Waals surface area contributed by atoms with Crippen molar-refractivity contribution in [2.75, 3.05) is 9.80 Å². The normalized spacial score (nSPS) is 11.8. The van der Waals surface area contributed by atoms with E-state index >= 15 is 0 Å². The summed E-state index contributed by atoms with van der Waals surface area (Å²) in [5.74, 6) is 0. The molecule has 57 heavy (non-hydrogen) atoms. The second kappa shape index (κ2) is 14.0. The predicted octanol–water partition coefficient (Wildman–Crippen LogP) is 15.0. The van der Waals surface area contributed by atoms with Crippen molar-refractivity contribution in [1.29, 1.82) is 0 Å². The average molecular weight is 751 g/mol. The van der Waals surface area contributed by atoms with Gasteiger partial charge in [-0.25, -0.2) is 0 Å². The second-order valence-corrected chi connectivity index (χ2v) is 20.9. The van der Waals surface area contributed by atoms with Crippen LogP contribution < -0.4 is 15.0 Å². The van der Waals surface area contributed by atoms with Crippen molar-refractivity contribution in [3.05, 3.63) is 200 Å². The first-order valence-corrected chi connectivity index (χ1v) is 23.2. The second-order valence-electron chi connectivity index (χ2n) is 15.8. The quantitative estimate of drug-likeness (QED) is 0.114. The molecule has 0 saturated carbocycles. The van der Waals surface area contributed by atoms with Crippen molar-refractivity contribution in [2.45, 2.75) is 19.6 Å². The highest BCUT2D eigenvalue weighted by Gasteiger charge is 2.21. The standard InChI is InChI=1S/C53H42N2OSi/c1-57(2,3)45-31-28-43(29-32-45)54(39-15-7-4-8-16-39)42-26-23-37(24-27-42)38-25-33-48-50(35-38)46-21-13-14-22-47(46)52-49-34-30-44(36-51(49)56-53(48)52)55(40-17-9-5-10-18-40)41-19-11-6-12-20-41/h4-36H,1-3H3. The monoisotopic (exact) mass is 750 g/mol. The Labute approximate surface area is 334 Å². The summed E-state index contributed by atoms with van der Waals surface area (Å²) < 4.78 is 6.90. The summed E-state index contributed by atoms with van der Waals surface area (Å²) >= 11 is 0. The Morgan fingerprint density at radius 2 is 0.807 bits per heavy atom. The molecule has 0 amide bonds. The molecule has 0 aliphatic carbocycles. The lowest BCUT2D eigenvalue weighted by molar-refractivity contribution is 0.673. The van der Waals surface area contributed by atoms with Gasteiger partial charge in [-0.3, -0.25) is 0 Å². The van der Waals surface area contributed by atoms with Crippen molar-refractivity contribution in [2.24, 2.45) is 0 Å². The van der Waals surface area contributed by atoms with Gasteiger partial charge in [0.25, 0.3) is 0 Å². The first-order valence-electron chi connectivity index (χ1n) is 19.7. The molecule has 0 saturated heterocycles. The van der Waals surface area contributed by atoms with Crippen LogP contribution >= 0.6 is 0 Å². The SMILES string of the molecule is C[Si](C)(C)c1ccc(N(c2ccccc2)c2ccc(-c3ccc4c(c3)c3ccccc3c3c5ccc(N(c6ccccc6)c6ccccc6)cc5oc43)cc2)cc1. The summed E-state index contributed by atoms with van der Waals surface area (Å²) in [6, 6.07) is 72.0. The van der Waals surface area contributed by atoms with Gasteiger partial charge in [-0.05, 0) is 112 Å². The minimum absolute atomic E-state index is 0.870. The van der Waals surface area contributed by atoms with Crippen LogP contribution in [-0.4, -0.2) is 8.07 Å². The summed E-state index contributed by atoms with van der Waals surface area (Å²) in [5, 5.41) is 8.44. The molecule has 10 aromatic rings. The van der Waals surface area contributed by atoms with Gasteiger partial charge in [-0.15, -0.1) is 0 Å². The lowest BCUT2D eigenvalue weighted by Crippen LogP contribution is -2.37. The fraction of sp³-hybridized carbons (Fsp3) is 0.0566. The van der Waals surface area contributed by atoms with Crippen molar-refractivity contribution >= 4 is 90.9 Å². The predicted molar refractivity (Wildman–Crippen MR) is 247 cm³/mol. The maximum Gasteiger partial charge on any atom is 0.143 e. The maximum atomic E-state index is 6.90. The van der Waals surface area contributed by atoms with Gasteiger partial charge in [-0.2, -0.15) is 0 Å². The van der Waals surface area contributed by atoms with Crippen LogP contribution in [0.1, 0.15) is 0 Å². The number of fused-ring (bicyclic) bond motifs is 8. The molecule has 1 aromatic heterocycles. The minimum atomic E-state index is -1.41. The maximum absolute atomic E-state index is 6.90. The molecule has 0 fully saturated rings. The molecule has 0 N–H and O–H groups in total. The zero-order valence-corrected chi connectivity index (χ0v) is 33.4. The third-order valence-electron chi connectivity index (χ3n) is 11.2. The van der Waals surface area contributed by atoms with Crippen molar-refractivity contribution in [3.8, 4) is 11.1 Å². The van der Waals surface area contributed by atoms with E-state index in [1.54, 1.807) is 0 Å². The third kappa shape index (κ3) is 6.25. The highest BCUT2D eigenvalue weighted by molar-refractivity contribution is 6.88. The van der Waals surface area contributed by atoms with Crippen LogP contribution in [0.15, 0.2) is 205 Å². The molecule has 274 valence electrons. The van der Waals surface area contributed by atoms with Crippen molar-refractivity contribution in [3.63, 3.8) is 0 Å². The number of anilines is 6. The molecule has 0 aliphatic heterocycles. The number of hydrogen-bond donors (Lipinski definition) is 0. The van der Waals surface area contributed by atoms with Crippen LogP contribution in [0.25, 0.3) is 54.6 Å². The molecule has 0 unspecified atom stereocenters. The van der Waals surface area contributed by atoms with Crippen molar-refractivity contribution in [1.82, 2.24) is 0 Å². The van der Waals surface area contributed by atoms with Crippen LogP contribution in [-0.2, 0) is 0 Å². The van der Waals surface area contributed by atoms with E-state index in [1.807, 2.05) is 0 Å². The minimum Gasteiger partial charge on any atom is -0.455 e. The number of furan rings is 1. The summed E-state index contributed by atoms with van der Waals surface area (Å²) in [4.78, 5) is 4.62. The fourth-order valence-corrected chi connectivity index (χ4v) is 9.47. The Kier molecular flexibility index (Phi) is 8.50. The molecule has 0 aliphatic rings. The average Bonchev–Trinajstić information content (AvgIpc) is 3.65. The van der Waals surface area contributed by atoms with E-state index in [-0.39, 0.29) is 0 Å². The topological polar surface area (TPSA) is 19.6 Å². The lowest BCUT2D eigenvalue weighted by atomic mass is 9.94. The third-order valence-corrected chi connectivity index (χ3v) is 13.2. The lowest BCUT2D eigenvalue weighted by Gasteiger charge is -2.26. The summed E-state index contributed by atoms with van der Waals surface area (Å²) in [6.45, 7) is 7.19. The Hall–Kier alpha value is -6.88. The van der Waals surface area contributed by atoms with E-state index in [9.17, 15) is 0 Å². The fourth-order valence-electron chi connectivity index (χ4n) is 8.30. The Morgan fingerprint density at radius 3 is 1.39 bits per heavy atom. The van der Waals surface area contributed by atoms with E-state index < -0.39 is 8.07 Å². The highest BCUT2D eigenvalue weighted by Crippen LogP contribution is 2.44. The van der Waals surface area contributed by atoms with Crippen LogP contribution in [0.5, 0.6) is 0 Å². The zero-order chi connectivity index (χ0) is 38.5. The van der Waals surface area contributed by atoms with E-state index in [0.29, 0.717) is 0 Å².